The Morgan fingerprint density at radius 2 is 2.32 bits per heavy atom. The fourth-order valence-corrected chi connectivity index (χ4v) is 1.47. The second-order valence-corrected chi connectivity index (χ2v) is 3.82. The normalized spacial score (nSPS) is 10.4. The molecule has 0 fully saturated rings. The van der Waals surface area contributed by atoms with Crippen LogP contribution in [-0.4, -0.2) is 29.1 Å². The Balaban J connectivity index is 1.67. The van der Waals surface area contributed by atoms with Crippen LogP contribution < -0.4 is 10.6 Å². The standard InChI is InChI=1S/C12H13FN4O2/c13-9-2-1-3-10(6-9)17-11(18)7-14-5-4-12-15-8-16-19-12/h1-3,6,8,14H,4-5,7H2,(H,17,18). The quantitative estimate of drug-likeness (QED) is 0.760. The topological polar surface area (TPSA) is 80.1 Å². The van der Waals surface area contributed by atoms with Gasteiger partial charge in [-0.1, -0.05) is 11.2 Å². The molecule has 0 saturated heterocycles. The third kappa shape index (κ3) is 4.47. The van der Waals surface area contributed by atoms with E-state index >= 15 is 0 Å². The first-order chi connectivity index (χ1) is 9.24. The molecule has 2 rings (SSSR count). The molecule has 0 spiro atoms. The van der Waals surface area contributed by atoms with E-state index in [0.717, 1.165) is 0 Å². The molecule has 7 heteroatoms. The summed E-state index contributed by atoms with van der Waals surface area (Å²) in [5, 5.41) is 8.98. The zero-order chi connectivity index (χ0) is 13.5. The van der Waals surface area contributed by atoms with Gasteiger partial charge < -0.3 is 15.2 Å². The number of anilines is 1. The van der Waals surface area contributed by atoms with Crippen molar-refractivity contribution in [3.63, 3.8) is 0 Å². The van der Waals surface area contributed by atoms with Gasteiger partial charge in [-0.15, -0.1) is 0 Å². The molecular weight excluding hydrogens is 251 g/mol. The largest absolute Gasteiger partial charge is 0.340 e. The number of benzene rings is 1. The van der Waals surface area contributed by atoms with E-state index in [9.17, 15) is 9.18 Å². The summed E-state index contributed by atoms with van der Waals surface area (Å²) < 4.78 is 17.7. The Hall–Kier alpha value is -2.28. The second-order valence-electron chi connectivity index (χ2n) is 3.82. The van der Waals surface area contributed by atoms with Gasteiger partial charge in [-0.3, -0.25) is 4.79 Å². The molecule has 2 N–H and O–H groups in total. The number of nitrogens with one attached hydrogen (secondary N) is 2. The van der Waals surface area contributed by atoms with E-state index in [1.54, 1.807) is 6.07 Å². The van der Waals surface area contributed by atoms with E-state index < -0.39 is 0 Å². The number of amides is 1. The molecule has 0 bridgehead atoms. The van der Waals surface area contributed by atoms with Gasteiger partial charge in [-0.05, 0) is 18.2 Å². The van der Waals surface area contributed by atoms with Gasteiger partial charge >= 0.3 is 0 Å². The first kappa shape index (κ1) is 13.2. The summed E-state index contributed by atoms with van der Waals surface area (Å²) >= 11 is 0. The van der Waals surface area contributed by atoms with Crippen LogP contribution in [0.3, 0.4) is 0 Å². The molecule has 1 aromatic heterocycles. The number of hydrogen-bond acceptors (Lipinski definition) is 5. The summed E-state index contributed by atoms with van der Waals surface area (Å²) in [5.74, 6) is -0.115. The SMILES string of the molecule is O=C(CNCCc1ncno1)Nc1cccc(F)c1. The van der Waals surface area contributed by atoms with Gasteiger partial charge in [0.2, 0.25) is 11.8 Å². The van der Waals surface area contributed by atoms with Gasteiger partial charge in [0.25, 0.3) is 0 Å². The van der Waals surface area contributed by atoms with Gasteiger partial charge in [-0.2, -0.15) is 4.98 Å². The van der Waals surface area contributed by atoms with Crippen molar-refractivity contribution >= 4 is 11.6 Å². The molecular formula is C12H13FN4O2. The van der Waals surface area contributed by atoms with Crippen molar-refractivity contribution < 1.29 is 13.7 Å². The summed E-state index contributed by atoms with van der Waals surface area (Å²) in [5.41, 5.74) is 0.434. The zero-order valence-corrected chi connectivity index (χ0v) is 10.1. The van der Waals surface area contributed by atoms with Gasteiger partial charge in [0, 0.05) is 18.7 Å². The molecule has 2 aromatic rings. The maximum absolute atomic E-state index is 12.9. The van der Waals surface area contributed by atoms with Crippen molar-refractivity contribution in [2.24, 2.45) is 0 Å². The van der Waals surface area contributed by atoms with Crippen LogP contribution in [-0.2, 0) is 11.2 Å². The highest BCUT2D eigenvalue weighted by atomic mass is 19.1. The van der Waals surface area contributed by atoms with Crippen molar-refractivity contribution in [1.29, 1.82) is 0 Å². The monoisotopic (exact) mass is 264 g/mol. The van der Waals surface area contributed by atoms with Crippen molar-refractivity contribution in [2.45, 2.75) is 6.42 Å². The minimum atomic E-state index is -0.387. The van der Waals surface area contributed by atoms with Crippen LogP contribution in [0.5, 0.6) is 0 Å². The molecule has 1 heterocycles. The Bertz CT molecular complexity index is 530. The average molecular weight is 264 g/mol. The Labute approximate surface area is 109 Å². The van der Waals surface area contributed by atoms with Crippen LogP contribution in [0.25, 0.3) is 0 Å². The fraction of sp³-hybridized carbons (Fsp3) is 0.250. The van der Waals surface area contributed by atoms with Gasteiger partial charge in [0.15, 0.2) is 6.33 Å². The third-order valence-electron chi connectivity index (χ3n) is 2.32. The smallest absolute Gasteiger partial charge is 0.238 e. The van der Waals surface area contributed by atoms with E-state index in [1.165, 1.54) is 24.5 Å². The number of carbonyl (C=O) groups is 1. The average Bonchev–Trinajstić information content (AvgIpc) is 2.88. The summed E-state index contributed by atoms with van der Waals surface area (Å²) in [7, 11) is 0. The van der Waals surface area contributed by atoms with Gasteiger partial charge in [-0.25, -0.2) is 4.39 Å². The Morgan fingerprint density at radius 1 is 1.42 bits per heavy atom. The lowest BCUT2D eigenvalue weighted by atomic mass is 10.3. The minimum Gasteiger partial charge on any atom is -0.340 e. The second kappa shape index (κ2) is 6.60. The van der Waals surface area contributed by atoms with Crippen LogP contribution in [0.4, 0.5) is 10.1 Å². The van der Waals surface area contributed by atoms with Crippen LogP contribution >= 0.6 is 0 Å². The van der Waals surface area contributed by atoms with Crippen molar-refractivity contribution in [2.75, 3.05) is 18.4 Å². The fourth-order valence-electron chi connectivity index (χ4n) is 1.47. The lowest BCUT2D eigenvalue weighted by Crippen LogP contribution is -2.29. The van der Waals surface area contributed by atoms with Crippen LogP contribution in [0.1, 0.15) is 5.89 Å². The molecule has 0 aliphatic heterocycles. The molecule has 0 atom stereocenters. The number of carbonyl (C=O) groups excluding carboxylic acids is 1. The summed E-state index contributed by atoms with van der Waals surface area (Å²) in [6, 6.07) is 5.74. The predicted molar refractivity (Wildman–Crippen MR) is 65.9 cm³/mol. The molecule has 1 amide bonds. The lowest BCUT2D eigenvalue weighted by Gasteiger charge is -2.05. The lowest BCUT2D eigenvalue weighted by molar-refractivity contribution is -0.115. The highest BCUT2D eigenvalue weighted by molar-refractivity contribution is 5.92. The number of aromatic nitrogens is 2. The molecule has 0 radical (unpaired) electrons. The molecule has 0 saturated carbocycles. The Kier molecular flexibility index (Phi) is 4.57. The van der Waals surface area contributed by atoms with E-state index in [-0.39, 0.29) is 18.3 Å². The number of halogens is 1. The number of nitrogens with zero attached hydrogens (tertiary/aromatic N) is 2. The van der Waals surface area contributed by atoms with Crippen LogP contribution in [0.15, 0.2) is 35.1 Å². The molecule has 0 aliphatic carbocycles. The molecule has 100 valence electrons. The van der Waals surface area contributed by atoms with Crippen molar-refractivity contribution in [3.8, 4) is 0 Å². The maximum Gasteiger partial charge on any atom is 0.238 e. The first-order valence-corrected chi connectivity index (χ1v) is 5.76. The minimum absolute atomic E-state index is 0.130. The van der Waals surface area contributed by atoms with Gasteiger partial charge in [0.1, 0.15) is 5.82 Å². The molecule has 1 aromatic carbocycles. The summed E-state index contributed by atoms with van der Waals surface area (Å²) in [4.78, 5) is 15.4. The predicted octanol–water partition coefficient (Wildman–Crippen LogP) is 0.979. The molecule has 6 nitrogen and oxygen atoms in total. The highest BCUT2D eigenvalue weighted by Crippen LogP contribution is 2.08. The van der Waals surface area contributed by atoms with E-state index in [4.69, 9.17) is 4.52 Å². The van der Waals surface area contributed by atoms with E-state index in [1.807, 2.05) is 0 Å². The molecule has 19 heavy (non-hydrogen) atoms. The van der Waals surface area contributed by atoms with Crippen LogP contribution in [0.2, 0.25) is 0 Å². The van der Waals surface area contributed by atoms with E-state index in [0.29, 0.717) is 24.5 Å². The van der Waals surface area contributed by atoms with Crippen LogP contribution in [0, 0.1) is 5.82 Å². The Morgan fingerprint density at radius 3 is 3.05 bits per heavy atom. The van der Waals surface area contributed by atoms with Gasteiger partial charge in [0.05, 0.1) is 6.54 Å². The summed E-state index contributed by atoms with van der Waals surface area (Å²) in [6.45, 7) is 0.670. The molecule has 0 unspecified atom stereocenters. The third-order valence-corrected chi connectivity index (χ3v) is 2.32. The molecule has 0 aliphatic rings. The first-order valence-electron chi connectivity index (χ1n) is 5.76. The van der Waals surface area contributed by atoms with Crippen molar-refractivity contribution in [3.05, 3.63) is 42.3 Å². The van der Waals surface area contributed by atoms with E-state index in [2.05, 4.69) is 20.8 Å². The highest BCUT2D eigenvalue weighted by Gasteiger charge is 2.03. The zero-order valence-electron chi connectivity index (χ0n) is 10.1. The number of rotatable bonds is 6. The number of hydrogen-bond donors (Lipinski definition) is 2. The maximum atomic E-state index is 12.9. The summed E-state index contributed by atoms with van der Waals surface area (Å²) in [6.07, 6.45) is 1.87. The van der Waals surface area contributed by atoms with Crippen molar-refractivity contribution in [1.82, 2.24) is 15.5 Å².